The summed E-state index contributed by atoms with van der Waals surface area (Å²) in [5.74, 6) is 0.690. The van der Waals surface area contributed by atoms with Crippen LogP contribution in [0.5, 0.6) is 5.75 Å². The zero-order chi connectivity index (χ0) is 13.0. The van der Waals surface area contributed by atoms with Crippen LogP contribution < -0.4 is 10.5 Å². The molecule has 0 bridgehead atoms. The zero-order valence-electron chi connectivity index (χ0n) is 10.4. The maximum atomic E-state index is 8.85. The van der Waals surface area contributed by atoms with Crippen LogP contribution in [-0.2, 0) is 11.3 Å². The van der Waals surface area contributed by atoms with Crippen molar-refractivity contribution in [2.24, 2.45) is 0 Å². The Morgan fingerprint density at radius 1 is 1.61 bits per heavy atom. The molecule has 0 amide bonds. The van der Waals surface area contributed by atoms with Crippen molar-refractivity contribution in [3.63, 3.8) is 0 Å². The average molecular weight is 247 g/mol. The van der Waals surface area contributed by atoms with Crippen LogP contribution in [0.2, 0.25) is 0 Å². The highest BCUT2D eigenvalue weighted by Gasteiger charge is 2.19. The van der Waals surface area contributed by atoms with E-state index in [1.165, 1.54) is 0 Å². The summed E-state index contributed by atoms with van der Waals surface area (Å²) in [7, 11) is 1.60. The van der Waals surface area contributed by atoms with Gasteiger partial charge in [-0.15, -0.1) is 0 Å². The molecule has 1 heterocycles. The first kappa shape index (κ1) is 12.7. The summed E-state index contributed by atoms with van der Waals surface area (Å²) in [6, 6.07) is 7.91. The average Bonchev–Trinajstić information content (AvgIpc) is 2.39. The first-order valence-electron chi connectivity index (χ1n) is 5.89. The molecule has 1 fully saturated rings. The van der Waals surface area contributed by atoms with Crippen molar-refractivity contribution in [1.29, 1.82) is 5.26 Å². The van der Waals surface area contributed by atoms with Gasteiger partial charge >= 0.3 is 0 Å². The van der Waals surface area contributed by atoms with Crippen molar-refractivity contribution in [3.8, 4) is 11.8 Å². The Kier molecular flexibility index (Phi) is 4.03. The molecule has 1 aromatic rings. The van der Waals surface area contributed by atoms with Gasteiger partial charge in [-0.05, 0) is 17.7 Å². The lowest BCUT2D eigenvalue weighted by Crippen LogP contribution is -2.41. The van der Waals surface area contributed by atoms with Crippen LogP contribution in [0.25, 0.3) is 0 Å². The van der Waals surface area contributed by atoms with Crippen LogP contribution in [-0.4, -0.2) is 37.8 Å². The number of hydrogen-bond acceptors (Lipinski definition) is 5. The van der Waals surface area contributed by atoms with Gasteiger partial charge < -0.3 is 15.2 Å². The van der Waals surface area contributed by atoms with Crippen molar-refractivity contribution in [2.75, 3.05) is 32.5 Å². The predicted molar refractivity (Wildman–Crippen MR) is 68.0 cm³/mol. The summed E-state index contributed by atoms with van der Waals surface area (Å²) in [6.45, 7) is 2.85. The number of nitrogen functional groups attached to an aromatic ring is 1. The summed E-state index contributed by atoms with van der Waals surface area (Å²) in [5, 5.41) is 8.85. The normalized spacial score (nSPS) is 20.3. The largest absolute Gasteiger partial charge is 0.495 e. The Morgan fingerprint density at radius 3 is 3.11 bits per heavy atom. The molecule has 0 radical (unpaired) electrons. The highest BCUT2D eigenvalue weighted by Crippen LogP contribution is 2.23. The van der Waals surface area contributed by atoms with Crippen LogP contribution in [0.4, 0.5) is 5.69 Å². The van der Waals surface area contributed by atoms with Crippen LogP contribution in [0, 0.1) is 11.3 Å². The number of morpholine rings is 1. The molecule has 1 aliphatic heterocycles. The molecular weight excluding hydrogens is 230 g/mol. The van der Waals surface area contributed by atoms with Crippen LogP contribution in [0.1, 0.15) is 5.56 Å². The molecule has 5 nitrogen and oxygen atoms in total. The molecule has 1 aliphatic rings. The standard InChI is InChI=1S/C13H17N3O2/c1-17-13-3-2-10(6-12(13)15)8-16-4-5-18-11(7-14)9-16/h2-3,6,11H,4-5,8-9,15H2,1H3. The number of rotatable bonds is 3. The fourth-order valence-electron chi connectivity index (χ4n) is 2.06. The van der Waals surface area contributed by atoms with Crippen LogP contribution in [0.3, 0.4) is 0 Å². The molecule has 96 valence electrons. The van der Waals surface area contributed by atoms with Crippen LogP contribution >= 0.6 is 0 Å². The van der Waals surface area contributed by atoms with Gasteiger partial charge in [0.2, 0.25) is 0 Å². The zero-order valence-corrected chi connectivity index (χ0v) is 10.4. The van der Waals surface area contributed by atoms with E-state index >= 15 is 0 Å². The second-order valence-corrected chi connectivity index (χ2v) is 4.30. The van der Waals surface area contributed by atoms with Crippen LogP contribution in [0.15, 0.2) is 18.2 Å². The first-order chi connectivity index (χ1) is 8.72. The van der Waals surface area contributed by atoms with Gasteiger partial charge in [0.25, 0.3) is 0 Å². The summed E-state index contributed by atoms with van der Waals surface area (Å²) in [6.07, 6.45) is -0.325. The highest BCUT2D eigenvalue weighted by atomic mass is 16.5. The minimum absolute atomic E-state index is 0.325. The predicted octanol–water partition coefficient (Wildman–Crippen LogP) is 1.00. The number of methoxy groups -OCH3 is 1. The van der Waals surface area contributed by atoms with E-state index < -0.39 is 0 Å². The molecule has 0 spiro atoms. The lowest BCUT2D eigenvalue weighted by molar-refractivity contribution is -0.00268. The quantitative estimate of drug-likeness (QED) is 0.807. The summed E-state index contributed by atoms with van der Waals surface area (Å²) >= 11 is 0. The first-order valence-corrected chi connectivity index (χ1v) is 5.89. The van der Waals surface area contributed by atoms with E-state index in [2.05, 4.69) is 11.0 Å². The summed E-state index contributed by atoms with van der Waals surface area (Å²) in [4.78, 5) is 2.19. The highest BCUT2D eigenvalue weighted by molar-refractivity contribution is 5.54. The number of hydrogen-bond donors (Lipinski definition) is 1. The molecule has 5 heteroatoms. The molecule has 0 aromatic heterocycles. The lowest BCUT2D eigenvalue weighted by atomic mass is 10.1. The molecule has 1 saturated heterocycles. The van der Waals surface area contributed by atoms with Gasteiger partial charge in [-0.1, -0.05) is 6.07 Å². The number of ether oxygens (including phenoxy) is 2. The van der Waals surface area contributed by atoms with Crippen molar-refractivity contribution in [1.82, 2.24) is 4.90 Å². The maximum Gasteiger partial charge on any atom is 0.156 e. The molecular formula is C13H17N3O2. The van der Waals surface area contributed by atoms with E-state index in [9.17, 15) is 0 Å². The van der Waals surface area contributed by atoms with E-state index in [4.69, 9.17) is 20.5 Å². The van der Waals surface area contributed by atoms with E-state index in [-0.39, 0.29) is 6.10 Å². The van der Waals surface area contributed by atoms with Crippen molar-refractivity contribution >= 4 is 5.69 Å². The van der Waals surface area contributed by atoms with Gasteiger partial charge in [0, 0.05) is 19.6 Å². The van der Waals surface area contributed by atoms with Gasteiger partial charge in [0.15, 0.2) is 6.10 Å². The van der Waals surface area contributed by atoms with Gasteiger partial charge in [-0.3, -0.25) is 4.90 Å². The Labute approximate surface area is 107 Å². The lowest BCUT2D eigenvalue weighted by Gasteiger charge is -2.29. The molecule has 1 atom stereocenters. The minimum atomic E-state index is -0.325. The molecule has 0 aliphatic carbocycles. The SMILES string of the molecule is COc1ccc(CN2CCOC(C#N)C2)cc1N. The number of nitrogens with two attached hydrogens (primary N) is 1. The van der Waals surface area contributed by atoms with E-state index in [1.807, 2.05) is 18.2 Å². The number of nitriles is 1. The Bertz CT molecular complexity index is 456. The minimum Gasteiger partial charge on any atom is -0.495 e. The third kappa shape index (κ3) is 2.92. The van der Waals surface area contributed by atoms with E-state index in [1.54, 1.807) is 7.11 Å². The Hall–Kier alpha value is -1.77. The van der Waals surface area contributed by atoms with Gasteiger partial charge in [-0.25, -0.2) is 0 Å². The summed E-state index contributed by atoms with van der Waals surface area (Å²) in [5.41, 5.74) is 7.63. The number of anilines is 1. The second kappa shape index (κ2) is 5.71. The molecule has 0 saturated carbocycles. The smallest absolute Gasteiger partial charge is 0.156 e. The monoisotopic (exact) mass is 247 g/mol. The second-order valence-electron chi connectivity index (χ2n) is 4.30. The third-order valence-electron chi connectivity index (χ3n) is 2.99. The van der Waals surface area contributed by atoms with Crippen molar-refractivity contribution < 1.29 is 9.47 Å². The van der Waals surface area contributed by atoms with Gasteiger partial charge in [-0.2, -0.15) is 5.26 Å². The Balaban J connectivity index is 2.01. The third-order valence-corrected chi connectivity index (χ3v) is 2.99. The van der Waals surface area contributed by atoms with Gasteiger partial charge in [0.1, 0.15) is 5.75 Å². The van der Waals surface area contributed by atoms with E-state index in [0.717, 1.165) is 18.7 Å². The summed E-state index contributed by atoms with van der Waals surface area (Å²) < 4.78 is 10.4. The topological polar surface area (TPSA) is 71.5 Å². The Morgan fingerprint density at radius 2 is 2.44 bits per heavy atom. The van der Waals surface area contributed by atoms with Gasteiger partial charge in [0.05, 0.1) is 25.5 Å². The fourth-order valence-corrected chi connectivity index (χ4v) is 2.06. The number of benzene rings is 1. The van der Waals surface area contributed by atoms with Crippen molar-refractivity contribution in [3.05, 3.63) is 23.8 Å². The fraction of sp³-hybridized carbons (Fsp3) is 0.462. The number of nitrogens with zero attached hydrogens (tertiary/aromatic N) is 2. The molecule has 1 unspecified atom stereocenters. The van der Waals surface area contributed by atoms with E-state index in [0.29, 0.717) is 24.6 Å². The molecule has 2 rings (SSSR count). The molecule has 18 heavy (non-hydrogen) atoms. The maximum absolute atomic E-state index is 8.85. The molecule has 1 aromatic carbocycles. The molecule has 2 N–H and O–H groups in total. The van der Waals surface area contributed by atoms with Crippen molar-refractivity contribution in [2.45, 2.75) is 12.6 Å².